The van der Waals surface area contributed by atoms with Crippen LogP contribution in [-0.2, 0) is 0 Å². The molecular weight excluding hydrogens is 226 g/mol. The fourth-order valence-electron chi connectivity index (χ4n) is 2.22. The molecule has 1 unspecified atom stereocenters. The number of aromatic amines is 1. The van der Waals surface area contributed by atoms with E-state index in [0.29, 0.717) is 10.9 Å². The lowest BCUT2D eigenvalue weighted by atomic mass is 10.0. The van der Waals surface area contributed by atoms with E-state index in [0.717, 1.165) is 11.1 Å². The summed E-state index contributed by atoms with van der Waals surface area (Å²) in [6.07, 6.45) is 0.996. The Labute approximate surface area is 104 Å². The quantitative estimate of drug-likeness (QED) is 0.644. The zero-order chi connectivity index (χ0) is 12.5. The Balaban J connectivity index is 2.15. The Morgan fingerprint density at radius 2 is 1.72 bits per heavy atom. The van der Waals surface area contributed by atoms with E-state index in [2.05, 4.69) is 4.98 Å². The standard InChI is InChI=1S/C15H13NO2/c17-13-8-4-7-12-14(13)11(9-16-12)15(18)10-5-2-1-3-6-10/h1-9,15-18H. The van der Waals surface area contributed by atoms with Crippen LogP contribution in [0.15, 0.2) is 54.7 Å². The zero-order valence-corrected chi connectivity index (χ0v) is 9.67. The lowest BCUT2D eigenvalue weighted by molar-refractivity contribution is 0.221. The minimum absolute atomic E-state index is 0.179. The third kappa shape index (κ3) is 1.65. The first-order valence-corrected chi connectivity index (χ1v) is 5.79. The van der Waals surface area contributed by atoms with Crippen molar-refractivity contribution in [3.05, 3.63) is 65.9 Å². The highest BCUT2D eigenvalue weighted by Gasteiger charge is 2.16. The average molecular weight is 239 g/mol. The van der Waals surface area contributed by atoms with E-state index >= 15 is 0 Å². The van der Waals surface area contributed by atoms with Crippen molar-refractivity contribution in [1.29, 1.82) is 0 Å². The number of rotatable bonds is 2. The highest BCUT2D eigenvalue weighted by atomic mass is 16.3. The van der Waals surface area contributed by atoms with Crippen molar-refractivity contribution >= 4 is 10.9 Å². The van der Waals surface area contributed by atoms with E-state index in [9.17, 15) is 10.2 Å². The fraction of sp³-hybridized carbons (Fsp3) is 0.0667. The molecule has 3 nitrogen and oxygen atoms in total. The Hall–Kier alpha value is -2.26. The predicted octanol–water partition coefficient (Wildman–Crippen LogP) is 2.96. The summed E-state index contributed by atoms with van der Waals surface area (Å²) in [6.45, 7) is 0. The third-order valence-electron chi connectivity index (χ3n) is 3.12. The molecule has 0 bridgehead atoms. The summed E-state index contributed by atoms with van der Waals surface area (Å²) in [6, 6.07) is 14.7. The van der Waals surface area contributed by atoms with Crippen LogP contribution in [0.1, 0.15) is 17.2 Å². The predicted molar refractivity (Wildman–Crippen MR) is 70.5 cm³/mol. The van der Waals surface area contributed by atoms with Gasteiger partial charge in [-0.05, 0) is 17.7 Å². The van der Waals surface area contributed by atoms with Crippen molar-refractivity contribution in [1.82, 2.24) is 4.98 Å². The van der Waals surface area contributed by atoms with Gasteiger partial charge in [-0.3, -0.25) is 0 Å². The smallest absolute Gasteiger partial charge is 0.125 e. The number of aromatic hydroxyl groups is 1. The Bertz CT molecular complexity index is 673. The lowest BCUT2D eigenvalue weighted by Gasteiger charge is -2.10. The van der Waals surface area contributed by atoms with Crippen LogP contribution < -0.4 is 0 Å². The van der Waals surface area contributed by atoms with Crippen molar-refractivity contribution in [2.45, 2.75) is 6.10 Å². The minimum atomic E-state index is -0.742. The van der Waals surface area contributed by atoms with Gasteiger partial charge >= 0.3 is 0 Å². The van der Waals surface area contributed by atoms with Crippen LogP contribution in [0.3, 0.4) is 0 Å². The first-order chi connectivity index (χ1) is 8.77. The number of aliphatic hydroxyl groups excluding tert-OH is 1. The lowest BCUT2D eigenvalue weighted by Crippen LogP contribution is -1.98. The molecule has 1 atom stereocenters. The van der Waals surface area contributed by atoms with Gasteiger partial charge in [-0.25, -0.2) is 0 Å². The Morgan fingerprint density at radius 1 is 0.944 bits per heavy atom. The summed E-state index contributed by atoms with van der Waals surface area (Å²) < 4.78 is 0. The van der Waals surface area contributed by atoms with Gasteiger partial charge in [0.25, 0.3) is 0 Å². The zero-order valence-electron chi connectivity index (χ0n) is 9.67. The SMILES string of the molecule is Oc1cccc2[nH]cc(C(O)c3ccccc3)c12. The number of aliphatic hydroxyl groups is 1. The Kier molecular flexibility index (Phi) is 2.54. The van der Waals surface area contributed by atoms with Gasteiger partial charge in [0.1, 0.15) is 11.9 Å². The molecule has 2 aromatic carbocycles. The largest absolute Gasteiger partial charge is 0.507 e. The second-order valence-electron chi connectivity index (χ2n) is 4.26. The minimum Gasteiger partial charge on any atom is -0.507 e. The normalized spacial score (nSPS) is 12.7. The van der Waals surface area contributed by atoms with E-state index in [1.807, 2.05) is 36.4 Å². The van der Waals surface area contributed by atoms with Crippen LogP contribution in [-0.4, -0.2) is 15.2 Å². The molecule has 90 valence electrons. The van der Waals surface area contributed by atoms with E-state index in [4.69, 9.17) is 0 Å². The van der Waals surface area contributed by atoms with E-state index in [-0.39, 0.29) is 5.75 Å². The van der Waals surface area contributed by atoms with Crippen LogP contribution in [0.5, 0.6) is 5.75 Å². The van der Waals surface area contributed by atoms with Gasteiger partial charge in [-0.1, -0.05) is 36.4 Å². The van der Waals surface area contributed by atoms with E-state index < -0.39 is 6.10 Å². The van der Waals surface area contributed by atoms with Crippen molar-refractivity contribution in [3.8, 4) is 5.75 Å². The second-order valence-corrected chi connectivity index (χ2v) is 4.26. The molecule has 3 rings (SSSR count). The topological polar surface area (TPSA) is 56.2 Å². The van der Waals surface area contributed by atoms with Gasteiger partial charge in [0.2, 0.25) is 0 Å². The van der Waals surface area contributed by atoms with Crippen LogP contribution in [0, 0.1) is 0 Å². The summed E-state index contributed by atoms with van der Waals surface area (Å²) in [7, 11) is 0. The molecule has 0 spiro atoms. The number of H-pyrrole nitrogens is 1. The van der Waals surface area contributed by atoms with E-state index in [1.165, 1.54) is 0 Å². The molecule has 0 amide bonds. The van der Waals surface area contributed by atoms with Crippen molar-refractivity contribution in [2.24, 2.45) is 0 Å². The monoisotopic (exact) mass is 239 g/mol. The first kappa shape index (κ1) is 10.9. The molecule has 1 heterocycles. The highest BCUT2D eigenvalue weighted by Crippen LogP contribution is 2.33. The molecule has 0 saturated heterocycles. The molecule has 0 aliphatic rings. The Morgan fingerprint density at radius 3 is 2.50 bits per heavy atom. The maximum absolute atomic E-state index is 10.4. The maximum Gasteiger partial charge on any atom is 0.125 e. The number of aromatic nitrogens is 1. The molecule has 0 radical (unpaired) electrons. The van der Waals surface area contributed by atoms with Gasteiger partial charge in [0.05, 0.1) is 0 Å². The van der Waals surface area contributed by atoms with Gasteiger partial charge < -0.3 is 15.2 Å². The number of nitrogens with one attached hydrogen (secondary N) is 1. The number of phenols is 1. The molecular formula is C15H13NO2. The fourth-order valence-corrected chi connectivity index (χ4v) is 2.22. The van der Waals surface area contributed by atoms with Gasteiger partial charge in [0.15, 0.2) is 0 Å². The molecule has 0 aliphatic heterocycles. The van der Waals surface area contributed by atoms with Crippen molar-refractivity contribution in [2.75, 3.05) is 0 Å². The summed E-state index contributed by atoms with van der Waals surface area (Å²) in [5.41, 5.74) is 2.32. The second kappa shape index (κ2) is 4.20. The highest BCUT2D eigenvalue weighted by molar-refractivity contribution is 5.89. The molecule has 0 saturated carbocycles. The van der Waals surface area contributed by atoms with Crippen molar-refractivity contribution in [3.63, 3.8) is 0 Å². The molecule has 3 aromatic rings. The van der Waals surface area contributed by atoms with Crippen LogP contribution in [0.2, 0.25) is 0 Å². The summed E-state index contributed by atoms with van der Waals surface area (Å²) >= 11 is 0. The van der Waals surface area contributed by atoms with Crippen LogP contribution in [0.4, 0.5) is 0 Å². The first-order valence-electron chi connectivity index (χ1n) is 5.79. The molecule has 3 N–H and O–H groups in total. The van der Waals surface area contributed by atoms with Gasteiger partial charge in [-0.2, -0.15) is 0 Å². The summed E-state index contributed by atoms with van der Waals surface area (Å²) in [4.78, 5) is 3.06. The van der Waals surface area contributed by atoms with E-state index in [1.54, 1.807) is 18.3 Å². The van der Waals surface area contributed by atoms with Crippen LogP contribution >= 0.6 is 0 Å². The average Bonchev–Trinajstić information content (AvgIpc) is 2.84. The molecule has 1 aromatic heterocycles. The molecule has 0 fully saturated rings. The number of benzene rings is 2. The third-order valence-corrected chi connectivity index (χ3v) is 3.12. The molecule has 18 heavy (non-hydrogen) atoms. The number of fused-ring (bicyclic) bond motifs is 1. The number of hydrogen-bond donors (Lipinski definition) is 3. The molecule has 0 aliphatic carbocycles. The summed E-state index contributed by atoms with van der Waals surface area (Å²) in [5, 5.41) is 21.0. The van der Waals surface area contributed by atoms with Gasteiger partial charge in [-0.15, -0.1) is 0 Å². The molecule has 3 heteroatoms. The van der Waals surface area contributed by atoms with Gasteiger partial charge in [0, 0.05) is 22.7 Å². The summed E-state index contributed by atoms with van der Waals surface area (Å²) in [5.74, 6) is 0.179. The van der Waals surface area contributed by atoms with Crippen LogP contribution in [0.25, 0.3) is 10.9 Å². The number of hydrogen-bond acceptors (Lipinski definition) is 2. The maximum atomic E-state index is 10.4. The number of phenolic OH excluding ortho intramolecular Hbond substituents is 1. The van der Waals surface area contributed by atoms with Crippen molar-refractivity contribution < 1.29 is 10.2 Å².